The van der Waals surface area contributed by atoms with Gasteiger partial charge in [-0.05, 0) is 70.4 Å². The first-order valence-corrected chi connectivity index (χ1v) is 10.6. The third kappa shape index (κ3) is 3.61. The predicted molar refractivity (Wildman–Crippen MR) is 128 cm³/mol. The first kappa shape index (κ1) is 20.5. The zero-order chi connectivity index (χ0) is 22.9. The molecule has 1 fully saturated rings. The second-order valence-corrected chi connectivity index (χ2v) is 7.62. The van der Waals surface area contributed by atoms with Gasteiger partial charge in [0.25, 0.3) is 11.8 Å². The van der Waals surface area contributed by atoms with Crippen molar-refractivity contribution in [2.75, 3.05) is 11.5 Å². The SMILES string of the molecule is CCOc1ccc(N2C(=O)NC(=O)/C(=C/c3c4ccccc4cc4ccccc34)C2=O)cc1. The van der Waals surface area contributed by atoms with Crippen LogP contribution in [0, 0.1) is 0 Å². The van der Waals surface area contributed by atoms with Crippen LogP contribution in [-0.2, 0) is 9.59 Å². The lowest BCUT2D eigenvalue weighted by molar-refractivity contribution is -0.122. The summed E-state index contributed by atoms with van der Waals surface area (Å²) < 4.78 is 5.43. The molecular weight excluding hydrogens is 416 g/mol. The van der Waals surface area contributed by atoms with E-state index in [2.05, 4.69) is 11.4 Å². The Hall–Kier alpha value is -4.45. The van der Waals surface area contributed by atoms with Crippen LogP contribution in [0.1, 0.15) is 12.5 Å². The number of imide groups is 2. The summed E-state index contributed by atoms with van der Waals surface area (Å²) in [7, 11) is 0. The Balaban J connectivity index is 1.65. The van der Waals surface area contributed by atoms with Crippen molar-refractivity contribution < 1.29 is 19.1 Å². The number of nitrogens with zero attached hydrogens (tertiary/aromatic N) is 1. The highest BCUT2D eigenvalue weighted by Crippen LogP contribution is 2.31. The van der Waals surface area contributed by atoms with E-state index in [0.717, 1.165) is 32.0 Å². The number of hydrogen-bond acceptors (Lipinski definition) is 4. The van der Waals surface area contributed by atoms with Crippen LogP contribution in [-0.4, -0.2) is 24.5 Å². The minimum Gasteiger partial charge on any atom is -0.494 e. The standard InChI is InChI=1S/C27H20N2O4/c1-2-33-20-13-11-19(12-14-20)29-26(31)24(25(30)28-27(29)32)16-23-21-9-5-3-7-17(21)15-18-8-4-6-10-22(18)23/h3-16H,2H2,1H3,(H,28,30,32)/b24-16-. The number of hydrogen-bond donors (Lipinski definition) is 1. The lowest BCUT2D eigenvalue weighted by atomic mass is 9.94. The molecule has 0 spiro atoms. The highest BCUT2D eigenvalue weighted by molar-refractivity contribution is 6.39. The zero-order valence-corrected chi connectivity index (χ0v) is 17.9. The number of urea groups is 1. The van der Waals surface area contributed by atoms with Crippen LogP contribution in [0.3, 0.4) is 0 Å². The fourth-order valence-electron chi connectivity index (χ4n) is 4.10. The number of fused-ring (bicyclic) bond motifs is 2. The van der Waals surface area contributed by atoms with Crippen molar-refractivity contribution in [3.63, 3.8) is 0 Å². The summed E-state index contributed by atoms with van der Waals surface area (Å²) in [6.07, 6.45) is 1.58. The maximum absolute atomic E-state index is 13.4. The molecule has 4 amide bonds. The van der Waals surface area contributed by atoms with Gasteiger partial charge < -0.3 is 4.74 Å². The second-order valence-electron chi connectivity index (χ2n) is 7.62. The van der Waals surface area contributed by atoms with E-state index in [9.17, 15) is 14.4 Å². The summed E-state index contributed by atoms with van der Waals surface area (Å²) >= 11 is 0. The maximum atomic E-state index is 13.4. The molecule has 0 unspecified atom stereocenters. The average Bonchev–Trinajstić information content (AvgIpc) is 2.82. The molecule has 0 atom stereocenters. The van der Waals surface area contributed by atoms with Crippen molar-refractivity contribution in [2.45, 2.75) is 6.92 Å². The Morgan fingerprint density at radius 3 is 2.06 bits per heavy atom. The minimum atomic E-state index is -0.783. The third-order valence-electron chi connectivity index (χ3n) is 5.61. The number of amides is 4. The Bertz CT molecular complexity index is 1400. The van der Waals surface area contributed by atoms with E-state index in [-0.39, 0.29) is 5.57 Å². The summed E-state index contributed by atoms with van der Waals surface area (Å²) in [5.41, 5.74) is 0.996. The van der Waals surface area contributed by atoms with Crippen LogP contribution in [0.4, 0.5) is 10.5 Å². The van der Waals surface area contributed by atoms with Gasteiger partial charge in [0.15, 0.2) is 0 Å². The average molecular weight is 436 g/mol. The van der Waals surface area contributed by atoms with Gasteiger partial charge in [-0.25, -0.2) is 9.69 Å². The monoisotopic (exact) mass is 436 g/mol. The molecule has 0 bridgehead atoms. The molecule has 0 saturated carbocycles. The molecule has 0 aliphatic carbocycles. The number of anilines is 1. The Morgan fingerprint density at radius 2 is 1.45 bits per heavy atom. The Morgan fingerprint density at radius 1 is 0.848 bits per heavy atom. The summed E-state index contributed by atoms with van der Waals surface area (Å²) in [5, 5.41) is 6.10. The van der Waals surface area contributed by atoms with Gasteiger partial charge in [-0.3, -0.25) is 14.9 Å². The van der Waals surface area contributed by atoms with E-state index in [1.54, 1.807) is 30.3 Å². The van der Waals surface area contributed by atoms with Crippen molar-refractivity contribution >= 4 is 51.2 Å². The smallest absolute Gasteiger partial charge is 0.335 e. The van der Waals surface area contributed by atoms with Crippen LogP contribution in [0.5, 0.6) is 5.75 Å². The minimum absolute atomic E-state index is 0.106. The van der Waals surface area contributed by atoms with Gasteiger partial charge in [-0.1, -0.05) is 48.5 Å². The van der Waals surface area contributed by atoms with E-state index in [1.807, 2.05) is 55.5 Å². The van der Waals surface area contributed by atoms with Crippen molar-refractivity contribution in [3.05, 3.63) is 90.0 Å². The first-order valence-electron chi connectivity index (χ1n) is 10.6. The second kappa shape index (κ2) is 8.24. The van der Waals surface area contributed by atoms with E-state index in [0.29, 0.717) is 18.0 Å². The van der Waals surface area contributed by atoms with Gasteiger partial charge in [0.05, 0.1) is 12.3 Å². The highest BCUT2D eigenvalue weighted by atomic mass is 16.5. The highest BCUT2D eigenvalue weighted by Gasteiger charge is 2.37. The molecule has 1 aliphatic rings. The molecule has 0 radical (unpaired) electrons. The molecule has 1 heterocycles. The number of ether oxygens (including phenoxy) is 1. The van der Waals surface area contributed by atoms with Crippen molar-refractivity contribution in [2.24, 2.45) is 0 Å². The zero-order valence-electron chi connectivity index (χ0n) is 17.9. The molecule has 4 aromatic carbocycles. The van der Waals surface area contributed by atoms with Crippen molar-refractivity contribution in [1.29, 1.82) is 0 Å². The number of benzene rings is 4. The predicted octanol–water partition coefficient (Wildman–Crippen LogP) is 5.06. The topological polar surface area (TPSA) is 75.7 Å². The van der Waals surface area contributed by atoms with Crippen molar-refractivity contribution in [3.8, 4) is 5.75 Å². The summed E-state index contributed by atoms with van der Waals surface area (Å²) in [6.45, 7) is 2.37. The van der Waals surface area contributed by atoms with E-state index in [4.69, 9.17) is 4.74 Å². The van der Waals surface area contributed by atoms with Gasteiger partial charge >= 0.3 is 6.03 Å². The normalized spacial score (nSPS) is 15.4. The Labute approximate surface area is 190 Å². The van der Waals surface area contributed by atoms with Gasteiger partial charge in [-0.15, -0.1) is 0 Å². The number of carbonyl (C=O) groups is 3. The molecule has 6 heteroatoms. The lowest BCUT2D eigenvalue weighted by Gasteiger charge is -2.26. The number of rotatable bonds is 4. The number of carbonyl (C=O) groups excluding carboxylic acids is 3. The lowest BCUT2D eigenvalue weighted by Crippen LogP contribution is -2.54. The van der Waals surface area contributed by atoms with Crippen LogP contribution in [0.2, 0.25) is 0 Å². The quantitative estimate of drug-likeness (QED) is 0.276. The molecular formula is C27H20N2O4. The molecule has 4 aromatic rings. The Kier molecular flexibility index (Phi) is 5.11. The van der Waals surface area contributed by atoms with Gasteiger partial charge in [0, 0.05) is 0 Å². The van der Waals surface area contributed by atoms with Crippen LogP contribution in [0.15, 0.2) is 84.4 Å². The van der Waals surface area contributed by atoms with Crippen LogP contribution >= 0.6 is 0 Å². The fraction of sp³-hybridized carbons (Fsp3) is 0.0741. The maximum Gasteiger partial charge on any atom is 0.335 e. The van der Waals surface area contributed by atoms with Crippen LogP contribution in [0.25, 0.3) is 27.6 Å². The van der Waals surface area contributed by atoms with Gasteiger partial charge in [-0.2, -0.15) is 0 Å². The molecule has 0 aromatic heterocycles. The molecule has 33 heavy (non-hydrogen) atoms. The molecule has 1 N–H and O–H groups in total. The molecule has 6 nitrogen and oxygen atoms in total. The fourth-order valence-corrected chi connectivity index (χ4v) is 4.10. The largest absolute Gasteiger partial charge is 0.494 e. The molecule has 162 valence electrons. The molecule has 1 saturated heterocycles. The number of nitrogens with one attached hydrogen (secondary N) is 1. The third-order valence-corrected chi connectivity index (χ3v) is 5.61. The summed E-state index contributed by atoms with van der Waals surface area (Å²) in [5.74, 6) is -0.769. The van der Waals surface area contributed by atoms with E-state index in [1.165, 1.54) is 0 Å². The van der Waals surface area contributed by atoms with Crippen LogP contribution < -0.4 is 15.0 Å². The summed E-state index contributed by atoms with van der Waals surface area (Å²) in [4.78, 5) is 39.7. The van der Waals surface area contributed by atoms with Gasteiger partial charge in [0.2, 0.25) is 0 Å². The number of barbiturate groups is 1. The van der Waals surface area contributed by atoms with Crippen molar-refractivity contribution in [1.82, 2.24) is 5.32 Å². The molecule has 1 aliphatic heterocycles. The first-order chi connectivity index (χ1) is 16.1. The summed E-state index contributed by atoms with van der Waals surface area (Å²) in [6, 6.07) is 23.5. The van der Waals surface area contributed by atoms with E-state index < -0.39 is 17.8 Å². The van der Waals surface area contributed by atoms with E-state index >= 15 is 0 Å². The molecule has 5 rings (SSSR count). The van der Waals surface area contributed by atoms with Gasteiger partial charge in [0.1, 0.15) is 11.3 Å².